The van der Waals surface area contributed by atoms with Crippen LogP contribution in [0.4, 0.5) is 0 Å². The Kier molecular flexibility index (Phi) is 2.15. The maximum Gasteiger partial charge on any atom is 0.168 e. The number of fused-ring (bicyclic) bond motifs is 1. The summed E-state index contributed by atoms with van der Waals surface area (Å²) in [6.45, 7) is 4.08. The monoisotopic (exact) mass is 193 g/mol. The summed E-state index contributed by atoms with van der Waals surface area (Å²) in [4.78, 5) is 11.7. The second-order valence-corrected chi connectivity index (χ2v) is 4.21. The molecule has 0 radical (unpaired) electrons. The molecule has 1 aliphatic carbocycles. The molecule has 76 valence electrons. The van der Waals surface area contributed by atoms with Crippen LogP contribution in [0.25, 0.3) is 0 Å². The average Bonchev–Trinajstić information content (AvgIpc) is 2.47. The summed E-state index contributed by atoms with van der Waals surface area (Å²) in [5.74, 6) is 0.421. The molecule has 1 aromatic heterocycles. The first kappa shape index (κ1) is 9.40. The third-order valence-electron chi connectivity index (χ3n) is 2.61. The number of carbonyl (C=O) groups is 1. The van der Waals surface area contributed by atoms with Crippen molar-refractivity contribution in [1.29, 1.82) is 0 Å². The van der Waals surface area contributed by atoms with Gasteiger partial charge in [-0.15, -0.1) is 0 Å². The van der Waals surface area contributed by atoms with E-state index in [4.69, 9.17) is 5.73 Å². The SMILES string of the molecule is CC(C)c1n[nH]c2c1C(=O)CC(N)C2. The zero-order valence-corrected chi connectivity index (χ0v) is 8.50. The molecule has 14 heavy (non-hydrogen) atoms. The zero-order valence-electron chi connectivity index (χ0n) is 8.50. The Labute approximate surface area is 82.9 Å². The lowest BCUT2D eigenvalue weighted by Gasteiger charge is -2.17. The minimum absolute atomic E-state index is 0.0459. The predicted molar refractivity (Wildman–Crippen MR) is 53.3 cm³/mol. The van der Waals surface area contributed by atoms with Crippen molar-refractivity contribution in [3.63, 3.8) is 0 Å². The minimum atomic E-state index is -0.0459. The molecule has 0 spiro atoms. The molecule has 1 aliphatic rings. The van der Waals surface area contributed by atoms with E-state index in [9.17, 15) is 4.79 Å². The van der Waals surface area contributed by atoms with Gasteiger partial charge in [-0.05, 0) is 5.92 Å². The van der Waals surface area contributed by atoms with Crippen LogP contribution in [0.2, 0.25) is 0 Å². The highest BCUT2D eigenvalue weighted by atomic mass is 16.1. The van der Waals surface area contributed by atoms with Crippen LogP contribution in [-0.4, -0.2) is 22.0 Å². The van der Waals surface area contributed by atoms with Gasteiger partial charge in [-0.1, -0.05) is 13.8 Å². The van der Waals surface area contributed by atoms with Crippen LogP contribution in [-0.2, 0) is 6.42 Å². The number of nitrogens with two attached hydrogens (primary N) is 1. The van der Waals surface area contributed by atoms with E-state index in [1.54, 1.807) is 0 Å². The highest BCUT2D eigenvalue weighted by Gasteiger charge is 2.28. The Balaban J connectivity index is 2.47. The minimum Gasteiger partial charge on any atom is -0.327 e. The molecule has 1 aromatic rings. The maximum absolute atomic E-state index is 11.7. The maximum atomic E-state index is 11.7. The lowest BCUT2D eigenvalue weighted by molar-refractivity contribution is 0.0964. The smallest absolute Gasteiger partial charge is 0.168 e. The van der Waals surface area contributed by atoms with E-state index in [2.05, 4.69) is 10.2 Å². The Hall–Kier alpha value is -1.16. The fraction of sp³-hybridized carbons (Fsp3) is 0.600. The first-order chi connectivity index (χ1) is 6.59. The molecular weight excluding hydrogens is 178 g/mol. The van der Waals surface area contributed by atoms with E-state index in [0.29, 0.717) is 6.42 Å². The summed E-state index contributed by atoms with van der Waals surface area (Å²) in [5.41, 5.74) is 8.35. The number of ketones is 1. The fourth-order valence-electron chi connectivity index (χ4n) is 1.95. The molecule has 0 saturated heterocycles. The summed E-state index contributed by atoms with van der Waals surface area (Å²) >= 11 is 0. The lowest BCUT2D eigenvalue weighted by Crippen LogP contribution is -2.31. The molecular formula is C10H15N3O. The standard InChI is InChI=1S/C10H15N3O/c1-5(2)10-9-7(12-13-10)3-6(11)4-8(9)14/h5-6H,3-4,11H2,1-2H3,(H,12,13). The third kappa shape index (κ3) is 1.35. The van der Waals surface area contributed by atoms with Gasteiger partial charge in [0.15, 0.2) is 5.78 Å². The highest BCUT2D eigenvalue weighted by Crippen LogP contribution is 2.26. The van der Waals surface area contributed by atoms with Crippen LogP contribution in [0.1, 0.15) is 47.9 Å². The van der Waals surface area contributed by atoms with Gasteiger partial charge in [0.1, 0.15) is 0 Å². The van der Waals surface area contributed by atoms with Crippen LogP contribution >= 0.6 is 0 Å². The number of hydrogen-bond acceptors (Lipinski definition) is 3. The topological polar surface area (TPSA) is 71.8 Å². The summed E-state index contributed by atoms with van der Waals surface area (Å²) < 4.78 is 0. The van der Waals surface area contributed by atoms with E-state index < -0.39 is 0 Å². The lowest BCUT2D eigenvalue weighted by atomic mass is 9.89. The second-order valence-electron chi connectivity index (χ2n) is 4.21. The number of H-pyrrole nitrogens is 1. The molecule has 3 N–H and O–H groups in total. The number of Topliss-reactive ketones (excluding diaryl/α,β-unsaturated/α-hetero) is 1. The van der Waals surface area contributed by atoms with E-state index in [1.165, 1.54) is 0 Å². The van der Waals surface area contributed by atoms with Crippen LogP contribution < -0.4 is 5.73 Å². The van der Waals surface area contributed by atoms with Crippen molar-refractivity contribution < 1.29 is 4.79 Å². The average molecular weight is 193 g/mol. The summed E-state index contributed by atoms with van der Waals surface area (Å²) in [7, 11) is 0. The molecule has 0 fully saturated rings. The fourth-order valence-corrected chi connectivity index (χ4v) is 1.95. The van der Waals surface area contributed by atoms with Gasteiger partial charge >= 0.3 is 0 Å². The first-order valence-electron chi connectivity index (χ1n) is 4.95. The van der Waals surface area contributed by atoms with Crippen LogP contribution in [0, 0.1) is 0 Å². The molecule has 1 atom stereocenters. The van der Waals surface area contributed by atoms with Crippen molar-refractivity contribution in [2.75, 3.05) is 0 Å². The number of aromatic nitrogens is 2. The molecule has 0 bridgehead atoms. The quantitative estimate of drug-likeness (QED) is 0.698. The number of aromatic amines is 1. The number of carbonyl (C=O) groups excluding carboxylic acids is 1. The molecule has 0 aliphatic heterocycles. The molecule has 2 rings (SSSR count). The molecule has 0 aromatic carbocycles. The van der Waals surface area contributed by atoms with Crippen molar-refractivity contribution in [3.8, 4) is 0 Å². The van der Waals surface area contributed by atoms with E-state index >= 15 is 0 Å². The van der Waals surface area contributed by atoms with Crippen molar-refractivity contribution in [2.24, 2.45) is 5.73 Å². The predicted octanol–water partition coefficient (Wildman–Crippen LogP) is 0.989. The van der Waals surface area contributed by atoms with Gasteiger partial charge < -0.3 is 5.73 Å². The van der Waals surface area contributed by atoms with E-state index in [1.807, 2.05) is 13.8 Å². The highest BCUT2D eigenvalue weighted by molar-refractivity contribution is 5.99. The number of nitrogens with one attached hydrogen (secondary N) is 1. The van der Waals surface area contributed by atoms with Crippen LogP contribution in [0.5, 0.6) is 0 Å². The Morgan fingerprint density at radius 2 is 2.21 bits per heavy atom. The molecule has 1 unspecified atom stereocenters. The van der Waals surface area contributed by atoms with E-state index in [0.717, 1.165) is 23.4 Å². The van der Waals surface area contributed by atoms with Crippen molar-refractivity contribution >= 4 is 5.78 Å². The van der Waals surface area contributed by atoms with Crippen LogP contribution in [0.3, 0.4) is 0 Å². The largest absolute Gasteiger partial charge is 0.327 e. The van der Waals surface area contributed by atoms with Crippen molar-refractivity contribution in [1.82, 2.24) is 10.2 Å². The molecule has 0 saturated carbocycles. The normalized spacial score (nSPS) is 21.4. The van der Waals surface area contributed by atoms with Crippen LogP contribution in [0.15, 0.2) is 0 Å². The van der Waals surface area contributed by atoms with Crippen molar-refractivity contribution in [3.05, 3.63) is 17.0 Å². The van der Waals surface area contributed by atoms with Gasteiger partial charge in [-0.3, -0.25) is 9.89 Å². The number of nitrogens with zero attached hydrogens (tertiary/aromatic N) is 1. The van der Waals surface area contributed by atoms with Gasteiger partial charge in [-0.2, -0.15) is 5.10 Å². The number of rotatable bonds is 1. The summed E-state index contributed by atoms with van der Waals surface area (Å²) in [6, 6.07) is -0.0459. The Morgan fingerprint density at radius 3 is 2.86 bits per heavy atom. The van der Waals surface area contributed by atoms with Gasteiger partial charge in [0.25, 0.3) is 0 Å². The first-order valence-corrected chi connectivity index (χ1v) is 4.95. The number of hydrogen-bond donors (Lipinski definition) is 2. The molecule has 1 heterocycles. The molecule has 4 nitrogen and oxygen atoms in total. The molecule has 4 heteroatoms. The van der Waals surface area contributed by atoms with Gasteiger partial charge in [0.2, 0.25) is 0 Å². The van der Waals surface area contributed by atoms with Crippen molar-refractivity contribution in [2.45, 2.75) is 38.6 Å². The third-order valence-corrected chi connectivity index (χ3v) is 2.61. The van der Waals surface area contributed by atoms with E-state index in [-0.39, 0.29) is 17.7 Å². The molecule has 0 amide bonds. The van der Waals surface area contributed by atoms with Gasteiger partial charge in [0, 0.05) is 24.6 Å². The van der Waals surface area contributed by atoms with Gasteiger partial charge in [-0.25, -0.2) is 0 Å². The second kappa shape index (κ2) is 3.20. The summed E-state index contributed by atoms with van der Waals surface area (Å²) in [6.07, 6.45) is 1.19. The Morgan fingerprint density at radius 1 is 1.50 bits per heavy atom. The van der Waals surface area contributed by atoms with Gasteiger partial charge in [0.05, 0.1) is 11.3 Å². The summed E-state index contributed by atoms with van der Waals surface area (Å²) in [5, 5.41) is 7.10. The Bertz CT molecular complexity index is 367. The zero-order chi connectivity index (χ0) is 10.3.